The van der Waals surface area contributed by atoms with E-state index < -0.39 is 39.6 Å². The maximum Gasteiger partial charge on any atom is 0.333 e. The standard InChI is InChI=1S/C22H19ClF3N5O3S2/c1-36(33,34)11-22(32)9-16-17(15-4-6-31(29-15)21(25)26)18(13-3-2-12(24)8-14(13)23)28-19(30(16)10-22)20-27-5-7-35-20/h2-8,18,21,32H,9-11H2,1H3/t18-,22+/m0/s1. The molecule has 4 heterocycles. The number of amidine groups is 1. The summed E-state index contributed by atoms with van der Waals surface area (Å²) in [6.07, 6.45) is 3.60. The van der Waals surface area contributed by atoms with Crippen LogP contribution in [0, 0.1) is 5.82 Å². The highest BCUT2D eigenvalue weighted by Crippen LogP contribution is 2.48. The monoisotopic (exact) mass is 557 g/mol. The van der Waals surface area contributed by atoms with E-state index in [1.165, 1.54) is 29.5 Å². The predicted octanol–water partition coefficient (Wildman–Crippen LogP) is 3.92. The van der Waals surface area contributed by atoms with E-state index in [1.807, 2.05) is 0 Å². The number of hydrogen-bond acceptors (Lipinski definition) is 8. The molecule has 0 amide bonds. The lowest BCUT2D eigenvalue weighted by Crippen LogP contribution is -2.41. The number of halogens is 4. The normalized spacial score (nSPS) is 22.4. The number of thiazole rings is 1. The van der Waals surface area contributed by atoms with Gasteiger partial charge in [-0.1, -0.05) is 17.7 Å². The average molecular weight is 558 g/mol. The minimum absolute atomic E-state index is 0.0616. The van der Waals surface area contributed by atoms with Crippen LogP contribution < -0.4 is 0 Å². The van der Waals surface area contributed by atoms with E-state index in [-0.39, 0.29) is 23.7 Å². The van der Waals surface area contributed by atoms with Gasteiger partial charge in [-0.05, 0) is 18.2 Å². The van der Waals surface area contributed by atoms with Gasteiger partial charge in [0, 0.05) is 52.3 Å². The highest BCUT2D eigenvalue weighted by molar-refractivity contribution is 7.90. The number of fused-ring (bicyclic) bond motifs is 1. The Labute approximate surface area is 213 Å². The zero-order valence-electron chi connectivity index (χ0n) is 18.6. The van der Waals surface area contributed by atoms with Crippen LogP contribution in [0.4, 0.5) is 13.2 Å². The molecule has 1 N–H and O–H groups in total. The van der Waals surface area contributed by atoms with Crippen LogP contribution in [-0.2, 0) is 9.84 Å². The maximum atomic E-state index is 13.9. The van der Waals surface area contributed by atoms with Crippen LogP contribution in [0.3, 0.4) is 0 Å². The Morgan fingerprint density at radius 1 is 1.33 bits per heavy atom. The van der Waals surface area contributed by atoms with Gasteiger partial charge in [0.2, 0.25) is 0 Å². The molecule has 5 rings (SSSR count). The Balaban J connectivity index is 1.75. The molecule has 0 radical (unpaired) electrons. The summed E-state index contributed by atoms with van der Waals surface area (Å²) in [6.45, 7) is -3.01. The first kappa shape index (κ1) is 24.9. The van der Waals surface area contributed by atoms with E-state index in [0.29, 0.717) is 32.4 Å². The van der Waals surface area contributed by atoms with E-state index in [4.69, 9.17) is 16.6 Å². The fourth-order valence-electron chi connectivity index (χ4n) is 4.63. The second-order valence-corrected chi connectivity index (χ2v) is 12.2. The Kier molecular flexibility index (Phi) is 6.22. The van der Waals surface area contributed by atoms with Crippen molar-refractivity contribution in [1.29, 1.82) is 0 Å². The first-order valence-corrected chi connectivity index (χ1v) is 13.9. The first-order chi connectivity index (χ1) is 16.9. The summed E-state index contributed by atoms with van der Waals surface area (Å²) in [5, 5.41) is 17.6. The highest BCUT2D eigenvalue weighted by atomic mass is 35.5. The summed E-state index contributed by atoms with van der Waals surface area (Å²) in [4.78, 5) is 10.8. The first-order valence-electron chi connectivity index (χ1n) is 10.6. The van der Waals surface area contributed by atoms with Gasteiger partial charge in [0.1, 0.15) is 27.3 Å². The topological polar surface area (TPSA) is 101 Å². The van der Waals surface area contributed by atoms with Crippen LogP contribution in [-0.4, -0.2) is 63.2 Å². The van der Waals surface area contributed by atoms with Crippen molar-refractivity contribution in [3.8, 4) is 0 Å². The second kappa shape index (κ2) is 8.98. The van der Waals surface area contributed by atoms with E-state index in [1.54, 1.807) is 16.5 Å². The van der Waals surface area contributed by atoms with E-state index >= 15 is 0 Å². The molecule has 0 bridgehead atoms. The zero-order valence-corrected chi connectivity index (χ0v) is 21.0. The zero-order chi connectivity index (χ0) is 25.8. The van der Waals surface area contributed by atoms with Gasteiger partial charge in [-0.2, -0.15) is 13.9 Å². The molecule has 0 saturated carbocycles. The van der Waals surface area contributed by atoms with Crippen molar-refractivity contribution >= 4 is 44.2 Å². The number of rotatable bonds is 6. The molecular weight excluding hydrogens is 539 g/mol. The number of nitrogens with zero attached hydrogens (tertiary/aromatic N) is 5. The third-order valence-electron chi connectivity index (χ3n) is 5.86. The number of alkyl halides is 2. The van der Waals surface area contributed by atoms with E-state index in [0.717, 1.165) is 18.5 Å². The largest absolute Gasteiger partial charge is 0.387 e. The quantitative estimate of drug-likeness (QED) is 0.493. The average Bonchev–Trinajstić information content (AvgIpc) is 3.51. The van der Waals surface area contributed by atoms with Gasteiger partial charge in [-0.25, -0.2) is 22.5 Å². The molecule has 1 aromatic carbocycles. The second-order valence-electron chi connectivity index (χ2n) is 8.73. The van der Waals surface area contributed by atoms with Crippen molar-refractivity contribution in [2.24, 2.45) is 4.99 Å². The van der Waals surface area contributed by atoms with Crippen LogP contribution in [0.5, 0.6) is 0 Å². The van der Waals surface area contributed by atoms with Gasteiger partial charge >= 0.3 is 6.55 Å². The minimum Gasteiger partial charge on any atom is -0.387 e. The van der Waals surface area contributed by atoms with Gasteiger partial charge in [-0.15, -0.1) is 11.3 Å². The summed E-state index contributed by atoms with van der Waals surface area (Å²) < 4.78 is 65.3. The third-order valence-corrected chi connectivity index (χ3v) is 8.02. The molecule has 2 aromatic heterocycles. The molecule has 190 valence electrons. The molecule has 14 heteroatoms. The molecule has 8 nitrogen and oxygen atoms in total. The van der Waals surface area contributed by atoms with Crippen molar-refractivity contribution < 1.29 is 26.7 Å². The molecule has 0 aliphatic carbocycles. The van der Waals surface area contributed by atoms with Crippen molar-refractivity contribution in [3.63, 3.8) is 0 Å². The number of aromatic nitrogens is 3. The van der Waals surface area contributed by atoms with Crippen LogP contribution in [0.15, 0.2) is 52.7 Å². The fourth-order valence-corrected chi connectivity index (χ4v) is 6.71. The summed E-state index contributed by atoms with van der Waals surface area (Å²) in [6, 6.07) is 4.25. The van der Waals surface area contributed by atoms with Crippen molar-refractivity contribution in [3.05, 3.63) is 74.8 Å². The van der Waals surface area contributed by atoms with Gasteiger partial charge in [0.25, 0.3) is 0 Å². The highest BCUT2D eigenvalue weighted by Gasteiger charge is 2.48. The van der Waals surface area contributed by atoms with Crippen LogP contribution in [0.1, 0.15) is 35.3 Å². The number of aliphatic hydroxyl groups is 1. The SMILES string of the molecule is CS(=O)(=O)C[C@@]1(O)CC2=C(c3ccn(C(F)F)n3)[C@H](c3ccc(F)cc3Cl)N=C(c3nccs3)N2C1. The third kappa shape index (κ3) is 4.67. The molecule has 0 spiro atoms. The number of sulfone groups is 1. The van der Waals surface area contributed by atoms with Crippen molar-refractivity contribution in [2.45, 2.75) is 24.6 Å². The molecule has 2 aliphatic heterocycles. The molecule has 2 atom stereocenters. The Bertz CT molecular complexity index is 1490. The molecule has 36 heavy (non-hydrogen) atoms. The molecular formula is C22H19ClF3N5O3S2. The summed E-state index contributed by atoms with van der Waals surface area (Å²) in [5.74, 6) is -0.733. The predicted molar refractivity (Wildman–Crippen MR) is 129 cm³/mol. The van der Waals surface area contributed by atoms with Crippen molar-refractivity contribution in [1.82, 2.24) is 19.7 Å². The Hall–Kier alpha value is -2.74. The number of hydrogen-bond donors (Lipinski definition) is 1. The van der Waals surface area contributed by atoms with E-state index in [2.05, 4.69) is 10.1 Å². The van der Waals surface area contributed by atoms with Gasteiger partial charge in [-0.3, -0.25) is 4.99 Å². The minimum atomic E-state index is -3.58. The Morgan fingerprint density at radius 3 is 2.72 bits per heavy atom. The number of aliphatic imine (C=N–C) groups is 1. The van der Waals surface area contributed by atoms with Crippen LogP contribution in [0.25, 0.3) is 5.57 Å². The lowest BCUT2D eigenvalue weighted by molar-refractivity contribution is 0.0564. The van der Waals surface area contributed by atoms with Crippen LogP contribution >= 0.6 is 22.9 Å². The van der Waals surface area contributed by atoms with E-state index in [9.17, 15) is 26.7 Å². The maximum absolute atomic E-state index is 13.9. The summed E-state index contributed by atoms with van der Waals surface area (Å²) >= 11 is 7.68. The smallest absolute Gasteiger partial charge is 0.333 e. The summed E-state index contributed by atoms with van der Waals surface area (Å²) in [7, 11) is -3.58. The molecule has 2 aliphatic rings. The van der Waals surface area contributed by atoms with Gasteiger partial charge in [0.05, 0.1) is 18.0 Å². The lowest BCUT2D eigenvalue weighted by atomic mass is 9.91. The van der Waals surface area contributed by atoms with Crippen LogP contribution in [0.2, 0.25) is 5.02 Å². The number of benzene rings is 1. The van der Waals surface area contributed by atoms with Crippen molar-refractivity contribution in [2.75, 3.05) is 18.6 Å². The lowest BCUT2D eigenvalue weighted by Gasteiger charge is -2.32. The van der Waals surface area contributed by atoms with Gasteiger partial charge in [0.15, 0.2) is 10.8 Å². The fraction of sp³-hybridized carbons (Fsp3) is 0.318. The summed E-state index contributed by atoms with van der Waals surface area (Å²) in [5.41, 5.74) is -0.344. The Morgan fingerprint density at radius 2 is 2.11 bits per heavy atom. The molecule has 3 aromatic rings. The molecule has 1 saturated heterocycles. The molecule has 1 fully saturated rings. The van der Waals surface area contributed by atoms with Gasteiger partial charge < -0.3 is 10.0 Å². The molecule has 0 unspecified atom stereocenters.